The molecule has 0 aliphatic carbocycles. The van der Waals surface area contributed by atoms with Gasteiger partial charge in [-0.3, -0.25) is 4.79 Å². The molecule has 1 N–H and O–H groups in total. The quantitative estimate of drug-likeness (QED) is 0.932. The van der Waals surface area contributed by atoms with Crippen molar-refractivity contribution in [3.05, 3.63) is 52.6 Å². The van der Waals surface area contributed by atoms with Crippen molar-refractivity contribution in [1.29, 1.82) is 0 Å². The summed E-state index contributed by atoms with van der Waals surface area (Å²) in [5, 5.41) is 2.91. The number of amides is 1. The predicted octanol–water partition coefficient (Wildman–Crippen LogP) is 3.88. The number of carbonyl (C=O) groups is 1. The summed E-state index contributed by atoms with van der Waals surface area (Å²) in [4.78, 5) is 12.5. The molecule has 0 unspecified atom stereocenters. The molecule has 0 heterocycles. The molecule has 0 fully saturated rings. The molecular weight excluding hydrogens is 278 g/mol. The van der Waals surface area contributed by atoms with E-state index in [9.17, 15) is 4.79 Å². The highest BCUT2D eigenvalue weighted by molar-refractivity contribution is 6.05. The summed E-state index contributed by atoms with van der Waals surface area (Å²) in [6.45, 7) is 5.89. The number of benzene rings is 2. The third kappa shape index (κ3) is 3.39. The zero-order valence-electron chi connectivity index (χ0n) is 13.6. The number of anilines is 1. The van der Waals surface area contributed by atoms with Crippen LogP contribution in [0.25, 0.3) is 0 Å². The van der Waals surface area contributed by atoms with Crippen LogP contribution in [0.5, 0.6) is 11.5 Å². The van der Waals surface area contributed by atoms with Gasteiger partial charge in [0.05, 0.1) is 14.2 Å². The van der Waals surface area contributed by atoms with Gasteiger partial charge < -0.3 is 14.8 Å². The number of nitrogens with one attached hydrogen (secondary N) is 1. The lowest BCUT2D eigenvalue weighted by molar-refractivity contribution is 0.102. The highest BCUT2D eigenvalue weighted by Gasteiger charge is 2.14. The van der Waals surface area contributed by atoms with Gasteiger partial charge in [-0.2, -0.15) is 0 Å². The largest absolute Gasteiger partial charge is 0.496 e. The molecule has 0 aromatic heterocycles. The van der Waals surface area contributed by atoms with Crippen LogP contribution in [0.15, 0.2) is 30.3 Å². The molecule has 0 spiro atoms. The summed E-state index contributed by atoms with van der Waals surface area (Å²) < 4.78 is 10.6. The number of hydrogen-bond acceptors (Lipinski definition) is 3. The summed E-state index contributed by atoms with van der Waals surface area (Å²) in [5.41, 5.74) is 4.36. The van der Waals surface area contributed by atoms with Crippen molar-refractivity contribution in [2.45, 2.75) is 20.8 Å². The van der Waals surface area contributed by atoms with Crippen LogP contribution in [0.4, 0.5) is 5.69 Å². The molecule has 2 rings (SSSR count). The average molecular weight is 299 g/mol. The van der Waals surface area contributed by atoms with Crippen molar-refractivity contribution in [1.82, 2.24) is 0 Å². The van der Waals surface area contributed by atoms with Crippen LogP contribution in [0.1, 0.15) is 27.0 Å². The molecule has 0 saturated heterocycles. The Labute approximate surface area is 131 Å². The van der Waals surface area contributed by atoms with Crippen molar-refractivity contribution < 1.29 is 14.3 Å². The Kier molecular flexibility index (Phi) is 4.71. The lowest BCUT2D eigenvalue weighted by atomic mass is 10.1. The fourth-order valence-corrected chi connectivity index (χ4v) is 2.47. The average Bonchev–Trinajstić information content (AvgIpc) is 2.46. The lowest BCUT2D eigenvalue weighted by Gasteiger charge is -2.13. The molecule has 0 saturated carbocycles. The first-order chi connectivity index (χ1) is 10.4. The molecule has 4 nitrogen and oxygen atoms in total. The number of rotatable bonds is 4. The molecule has 0 radical (unpaired) electrons. The molecule has 0 atom stereocenters. The van der Waals surface area contributed by atoms with E-state index in [4.69, 9.17) is 9.47 Å². The van der Waals surface area contributed by atoms with E-state index in [-0.39, 0.29) is 5.91 Å². The smallest absolute Gasteiger partial charge is 0.255 e. The molecule has 0 aliphatic rings. The standard InChI is InChI=1S/C18H21NO3/c1-11-6-12(2)8-15(7-11)19-18(20)14-9-16(21-4)13(3)17(10-14)22-5/h6-10H,1-5H3,(H,19,20). The normalized spacial score (nSPS) is 10.2. The molecule has 1 amide bonds. The number of aryl methyl sites for hydroxylation is 2. The topological polar surface area (TPSA) is 47.6 Å². The first-order valence-corrected chi connectivity index (χ1v) is 7.07. The van der Waals surface area contributed by atoms with Crippen molar-refractivity contribution in [2.75, 3.05) is 19.5 Å². The maximum atomic E-state index is 12.5. The van der Waals surface area contributed by atoms with Gasteiger partial charge in [-0.25, -0.2) is 0 Å². The van der Waals surface area contributed by atoms with Gasteiger partial charge in [-0.1, -0.05) is 6.07 Å². The van der Waals surface area contributed by atoms with Crippen LogP contribution < -0.4 is 14.8 Å². The molecule has 4 heteroatoms. The zero-order valence-corrected chi connectivity index (χ0v) is 13.6. The van der Waals surface area contributed by atoms with Crippen LogP contribution in [0.3, 0.4) is 0 Å². The second kappa shape index (κ2) is 6.52. The van der Waals surface area contributed by atoms with Gasteiger partial charge in [0.1, 0.15) is 11.5 Å². The van der Waals surface area contributed by atoms with E-state index >= 15 is 0 Å². The van der Waals surface area contributed by atoms with Gasteiger partial charge in [0.25, 0.3) is 5.91 Å². The van der Waals surface area contributed by atoms with Crippen molar-refractivity contribution in [3.8, 4) is 11.5 Å². The molecule has 2 aromatic rings. The van der Waals surface area contributed by atoms with E-state index in [2.05, 4.69) is 11.4 Å². The minimum Gasteiger partial charge on any atom is -0.496 e. The summed E-state index contributed by atoms with van der Waals surface area (Å²) in [6.07, 6.45) is 0. The van der Waals surface area contributed by atoms with Gasteiger partial charge in [0.2, 0.25) is 0 Å². The number of carbonyl (C=O) groups excluding carboxylic acids is 1. The van der Waals surface area contributed by atoms with Crippen LogP contribution in [0, 0.1) is 20.8 Å². The van der Waals surface area contributed by atoms with E-state index in [0.717, 1.165) is 22.4 Å². The minimum absolute atomic E-state index is 0.193. The first-order valence-electron chi connectivity index (χ1n) is 7.07. The summed E-state index contributed by atoms with van der Waals surface area (Å²) in [7, 11) is 3.15. The van der Waals surface area contributed by atoms with Crippen molar-refractivity contribution >= 4 is 11.6 Å². The Morgan fingerprint density at radius 3 is 1.82 bits per heavy atom. The molecule has 116 valence electrons. The minimum atomic E-state index is -0.193. The SMILES string of the molecule is COc1cc(C(=O)Nc2cc(C)cc(C)c2)cc(OC)c1C. The Balaban J connectivity index is 2.33. The summed E-state index contributed by atoms with van der Waals surface area (Å²) in [5.74, 6) is 1.07. The Bertz CT molecular complexity index is 662. The van der Waals surface area contributed by atoms with Crippen molar-refractivity contribution in [3.63, 3.8) is 0 Å². The third-order valence-corrected chi connectivity index (χ3v) is 3.49. The molecule has 2 aromatic carbocycles. The highest BCUT2D eigenvalue weighted by atomic mass is 16.5. The molecular formula is C18H21NO3. The fraction of sp³-hybridized carbons (Fsp3) is 0.278. The second-order valence-corrected chi connectivity index (χ2v) is 5.34. The summed E-state index contributed by atoms with van der Waals surface area (Å²) in [6, 6.07) is 9.38. The maximum Gasteiger partial charge on any atom is 0.255 e. The Morgan fingerprint density at radius 2 is 1.36 bits per heavy atom. The van der Waals surface area contributed by atoms with Gasteiger partial charge >= 0.3 is 0 Å². The second-order valence-electron chi connectivity index (χ2n) is 5.34. The van der Waals surface area contributed by atoms with Gasteiger partial charge in [-0.05, 0) is 56.2 Å². The van der Waals surface area contributed by atoms with E-state index in [1.165, 1.54) is 0 Å². The number of methoxy groups -OCH3 is 2. The predicted molar refractivity (Wildman–Crippen MR) is 88.2 cm³/mol. The van der Waals surface area contributed by atoms with Gasteiger partial charge in [0, 0.05) is 16.8 Å². The summed E-state index contributed by atoms with van der Waals surface area (Å²) >= 11 is 0. The molecule has 0 aliphatic heterocycles. The number of hydrogen-bond donors (Lipinski definition) is 1. The van der Waals surface area contributed by atoms with E-state index in [0.29, 0.717) is 17.1 Å². The van der Waals surface area contributed by atoms with E-state index < -0.39 is 0 Å². The van der Waals surface area contributed by atoms with Crippen molar-refractivity contribution in [2.24, 2.45) is 0 Å². The lowest BCUT2D eigenvalue weighted by Crippen LogP contribution is -2.13. The van der Waals surface area contributed by atoms with Crippen LogP contribution >= 0.6 is 0 Å². The Morgan fingerprint density at radius 1 is 0.864 bits per heavy atom. The monoisotopic (exact) mass is 299 g/mol. The van der Waals surface area contributed by atoms with E-state index in [1.807, 2.05) is 32.9 Å². The van der Waals surface area contributed by atoms with Gasteiger partial charge in [-0.15, -0.1) is 0 Å². The fourth-order valence-electron chi connectivity index (χ4n) is 2.47. The van der Waals surface area contributed by atoms with Crippen LogP contribution in [-0.4, -0.2) is 20.1 Å². The van der Waals surface area contributed by atoms with Crippen LogP contribution in [-0.2, 0) is 0 Å². The third-order valence-electron chi connectivity index (χ3n) is 3.49. The van der Waals surface area contributed by atoms with E-state index in [1.54, 1.807) is 26.4 Å². The zero-order chi connectivity index (χ0) is 16.3. The van der Waals surface area contributed by atoms with Gasteiger partial charge in [0.15, 0.2) is 0 Å². The van der Waals surface area contributed by atoms with Crippen LogP contribution in [0.2, 0.25) is 0 Å². The number of ether oxygens (including phenoxy) is 2. The molecule has 22 heavy (non-hydrogen) atoms. The Hall–Kier alpha value is -2.49. The highest BCUT2D eigenvalue weighted by Crippen LogP contribution is 2.29. The first kappa shape index (κ1) is 15.9. The molecule has 0 bridgehead atoms. The maximum absolute atomic E-state index is 12.5.